The predicted molar refractivity (Wildman–Crippen MR) is 84.4 cm³/mol. The van der Waals surface area contributed by atoms with E-state index in [2.05, 4.69) is 5.32 Å². The Balaban J connectivity index is 2.25. The summed E-state index contributed by atoms with van der Waals surface area (Å²) < 4.78 is 13.4. The van der Waals surface area contributed by atoms with Gasteiger partial charge in [0.25, 0.3) is 0 Å². The Hall–Kier alpha value is -0.740. The Morgan fingerprint density at radius 1 is 1.10 bits per heavy atom. The average molecular weight is 330 g/mol. The Kier molecular flexibility index (Phi) is 5.73. The molecule has 0 aliphatic rings. The lowest BCUT2D eigenvalue weighted by atomic mass is 10.2. The standard InChI is InChI=1S/C15H14Cl2FNS/c1-2-19-9-10-7-11(18)3-6-15(10)20-12-4-5-13(16)14(17)8-12/h3-8,19H,2,9H2,1H3. The zero-order chi connectivity index (χ0) is 14.5. The van der Waals surface area contributed by atoms with Crippen LogP contribution in [0.15, 0.2) is 46.2 Å². The van der Waals surface area contributed by atoms with Crippen molar-refractivity contribution in [1.82, 2.24) is 5.32 Å². The van der Waals surface area contributed by atoms with Crippen LogP contribution in [0.2, 0.25) is 10.0 Å². The second kappa shape index (κ2) is 7.32. The SMILES string of the molecule is CCNCc1cc(F)ccc1Sc1ccc(Cl)c(Cl)c1. The summed E-state index contributed by atoms with van der Waals surface area (Å²) in [6.45, 7) is 3.50. The quantitative estimate of drug-likeness (QED) is 0.788. The van der Waals surface area contributed by atoms with Gasteiger partial charge in [0.1, 0.15) is 5.82 Å². The van der Waals surface area contributed by atoms with Crippen molar-refractivity contribution in [3.8, 4) is 0 Å². The van der Waals surface area contributed by atoms with E-state index in [0.29, 0.717) is 16.6 Å². The third kappa shape index (κ3) is 4.13. The molecule has 0 atom stereocenters. The fourth-order valence-corrected chi connectivity index (χ4v) is 3.04. The van der Waals surface area contributed by atoms with Gasteiger partial charge in [-0.15, -0.1) is 0 Å². The lowest BCUT2D eigenvalue weighted by Gasteiger charge is -2.10. The Labute approximate surface area is 132 Å². The summed E-state index contributed by atoms with van der Waals surface area (Å²) in [5.41, 5.74) is 0.933. The first kappa shape index (κ1) is 15.6. The van der Waals surface area contributed by atoms with Crippen molar-refractivity contribution in [1.29, 1.82) is 0 Å². The molecule has 0 amide bonds. The summed E-state index contributed by atoms with van der Waals surface area (Å²) in [4.78, 5) is 1.98. The van der Waals surface area contributed by atoms with Gasteiger partial charge in [-0.2, -0.15) is 0 Å². The van der Waals surface area contributed by atoms with Gasteiger partial charge in [0.2, 0.25) is 0 Å². The third-order valence-electron chi connectivity index (χ3n) is 2.71. The van der Waals surface area contributed by atoms with Crippen LogP contribution in [0.1, 0.15) is 12.5 Å². The van der Waals surface area contributed by atoms with Gasteiger partial charge in [0.05, 0.1) is 10.0 Å². The van der Waals surface area contributed by atoms with Crippen molar-refractivity contribution in [3.63, 3.8) is 0 Å². The first-order valence-corrected chi connectivity index (χ1v) is 7.79. The van der Waals surface area contributed by atoms with Crippen molar-refractivity contribution in [2.24, 2.45) is 0 Å². The molecule has 2 aromatic rings. The van der Waals surface area contributed by atoms with Crippen LogP contribution in [0, 0.1) is 5.82 Å². The molecular formula is C15H14Cl2FNS. The highest BCUT2D eigenvalue weighted by atomic mass is 35.5. The maximum atomic E-state index is 13.4. The van der Waals surface area contributed by atoms with Gasteiger partial charge in [0, 0.05) is 16.3 Å². The van der Waals surface area contributed by atoms with Crippen LogP contribution in [0.3, 0.4) is 0 Å². The minimum absolute atomic E-state index is 0.226. The number of halogens is 3. The molecule has 0 unspecified atom stereocenters. The molecule has 5 heteroatoms. The van der Waals surface area contributed by atoms with Gasteiger partial charge in [-0.25, -0.2) is 4.39 Å². The van der Waals surface area contributed by atoms with Crippen LogP contribution in [0.5, 0.6) is 0 Å². The summed E-state index contributed by atoms with van der Waals surface area (Å²) in [6, 6.07) is 10.3. The molecule has 0 saturated heterocycles. The van der Waals surface area contributed by atoms with Gasteiger partial charge < -0.3 is 5.32 Å². The average Bonchev–Trinajstić information content (AvgIpc) is 2.43. The molecule has 0 aliphatic heterocycles. The Morgan fingerprint density at radius 2 is 1.90 bits per heavy atom. The first-order valence-electron chi connectivity index (χ1n) is 6.22. The zero-order valence-corrected chi connectivity index (χ0v) is 13.2. The van der Waals surface area contributed by atoms with E-state index in [1.807, 2.05) is 19.1 Å². The van der Waals surface area contributed by atoms with Crippen LogP contribution in [0.25, 0.3) is 0 Å². The van der Waals surface area contributed by atoms with Gasteiger partial charge in [-0.05, 0) is 48.5 Å². The van der Waals surface area contributed by atoms with E-state index in [1.54, 1.807) is 30.0 Å². The highest BCUT2D eigenvalue weighted by molar-refractivity contribution is 7.99. The smallest absolute Gasteiger partial charge is 0.123 e. The van der Waals surface area contributed by atoms with Crippen molar-refractivity contribution < 1.29 is 4.39 Å². The molecule has 0 aromatic heterocycles. The molecule has 0 spiro atoms. The van der Waals surface area contributed by atoms with Crippen LogP contribution < -0.4 is 5.32 Å². The topological polar surface area (TPSA) is 12.0 Å². The summed E-state index contributed by atoms with van der Waals surface area (Å²) in [5.74, 6) is -0.226. The fourth-order valence-electron chi connectivity index (χ4n) is 1.71. The molecule has 0 aliphatic carbocycles. The number of hydrogen-bond acceptors (Lipinski definition) is 2. The highest BCUT2D eigenvalue weighted by Gasteiger charge is 2.07. The summed E-state index contributed by atoms with van der Waals surface area (Å²) >= 11 is 13.5. The van der Waals surface area contributed by atoms with Crippen molar-refractivity contribution in [3.05, 3.63) is 57.8 Å². The Morgan fingerprint density at radius 3 is 2.60 bits per heavy atom. The van der Waals surface area contributed by atoms with Crippen LogP contribution >= 0.6 is 35.0 Å². The van der Waals surface area contributed by atoms with E-state index in [9.17, 15) is 4.39 Å². The normalized spacial score (nSPS) is 10.8. The third-order valence-corrected chi connectivity index (χ3v) is 4.55. The molecule has 1 N–H and O–H groups in total. The molecule has 0 bridgehead atoms. The number of benzene rings is 2. The monoisotopic (exact) mass is 329 g/mol. The molecule has 0 heterocycles. The minimum Gasteiger partial charge on any atom is -0.313 e. The van der Waals surface area contributed by atoms with E-state index in [-0.39, 0.29) is 5.82 Å². The van der Waals surface area contributed by atoms with Crippen LogP contribution in [-0.2, 0) is 6.54 Å². The summed E-state index contributed by atoms with van der Waals surface area (Å²) in [6.07, 6.45) is 0. The molecule has 0 fully saturated rings. The molecule has 2 aromatic carbocycles. The number of hydrogen-bond donors (Lipinski definition) is 1. The van der Waals surface area contributed by atoms with Crippen LogP contribution in [0.4, 0.5) is 4.39 Å². The maximum Gasteiger partial charge on any atom is 0.123 e. The number of rotatable bonds is 5. The Bertz CT molecular complexity index is 604. The van der Waals surface area contributed by atoms with Crippen molar-refractivity contribution >= 4 is 35.0 Å². The van der Waals surface area contributed by atoms with E-state index in [1.165, 1.54) is 6.07 Å². The zero-order valence-electron chi connectivity index (χ0n) is 10.9. The lowest BCUT2D eigenvalue weighted by Crippen LogP contribution is -2.12. The molecule has 106 valence electrons. The summed E-state index contributed by atoms with van der Waals surface area (Å²) in [7, 11) is 0. The van der Waals surface area contributed by atoms with Crippen LogP contribution in [-0.4, -0.2) is 6.54 Å². The van der Waals surface area contributed by atoms with Gasteiger partial charge in [-0.1, -0.05) is 41.9 Å². The molecule has 1 nitrogen and oxygen atoms in total. The molecule has 0 saturated carbocycles. The second-order valence-corrected chi connectivity index (χ2v) is 6.14. The molecule has 2 rings (SSSR count). The van der Waals surface area contributed by atoms with E-state index in [0.717, 1.165) is 21.9 Å². The summed E-state index contributed by atoms with van der Waals surface area (Å²) in [5, 5.41) is 4.26. The molecule has 0 radical (unpaired) electrons. The number of nitrogens with one attached hydrogen (secondary N) is 1. The van der Waals surface area contributed by atoms with Gasteiger partial charge in [0.15, 0.2) is 0 Å². The first-order chi connectivity index (χ1) is 9.60. The predicted octanol–water partition coefficient (Wildman–Crippen LogP) is 5.39. The highest BCUT2D eigenvalue weighted by Crippen LogP contribution is 2.34. The van der Waals surface area contributed by atoms with Gasteiger partial charge in [-0.3, -0.25) is 0 Å². The van der Waals surface area contributed by atoms with Crippen molar-refractivity contribution in [2.75, 3.05) is 6.54 Å². The molecule has 20 heavy (non-hydrogen) atoms. The fraction of sp³-hybridized carbons (Fsp3) is 0.200. The maximum absolute atomic E-state index is 13.4. The van der Waals surface area contributed by atoms with E-state index < -0.39 is 0 Å². The van der Waals surface area contributed by atoms with Crippen molar-refractivity contribution in [2.45, 2.75) is 23.3 Å². The largest absolute Gasteiger partial charge is 0.313 e. The lowest BCUT2D eigenvalue weighted by molar-refractivity contribution is 0.619. The second-order valence-electron chi connectivity index (χ2n) is 4.21. The van der Waals surface area contributed by atoms with Gasteiger partial charge >= 0.3 is 0 Å². The molecular weight excluding hydrogens is 316 g/mol. The van der Waals surface area contributed by atoms with E-state index >= 15 is 0 Å². The minimum atomic E-state index is -0.226. The van der Waals surface area contributed by atoms with E-state index in [4.69, 9.17) is 23.2 Å².